The van der Waals surface area contributed by atoms with Crippen LogP contribution in [0.2, 0.25) is 0 Å². The molecule has 0 aliphatic carbocycles. The van der Waals surface area contributed by atoms with E-state index in [4.69, 9.17) is 9.47 Å². The predicted octanol–water partition coefficient (Wildman–Crippen LogP) is 0.822. The number of nitrogens with one attached hydrogen (secondary N) is 2. The highest BCUT2D eigenvalue weighted by Gasteiger charge is 2.15. The van der Waals surface area contributed by atoms with Crippen LogP contribution in [0.4, 0.5) is 0 Å². The molecule has 0 aromatic heterocycles. The molecule has 0 spiro atoms. The molecule has 9 heteroatoms. The number of carbonyl (C=O) groups excluding carboxylic acids is 2. The van der Waals surface area contributed by atoms with Crippen LogP contribution < -0.4 is 14.8 Å². The Morgan fingerprint density at radius 3 is 2.36 bits per heavy atom. The highest BCUT2D eigenvalue weighted by molar-refractivity contribution is 7.89. The predicted molar refractivity (Wildman–Crippen MR) is 91.7 cm³/mol. The Balaban J connectivity index is 2.40. The largest absolute Gasteiger partial charge is 0.494 e. The molecule has 0 aliphatic heterocycles. The van der Waals surface area contributed by atoms with Gasteiger partial charge in [0.05, 0.1) is 17.9 Å². The summed E-state index contributed by atoms with van der Waals surface area (Å²) in [5, 5.41) is 2.58. The van der Waals surface area contributed by atoms with Gasteiger partial charge in [0.2, 0.25) is 10.0 Å². The van der Waals surface area contributed by atoms with Crippen LogP contribution in [0.1, 0.15) is 27.2 Å². The fraction of sp³-hybridized carbons (Fsp3) is 0.500. The minimum atomic E-state index is -3.73. The first-order chi connectivity index (χ1) is 11.7. The van der Waals surface area contributed by atoms with Crippen LogP contribution in [0.25, 0.3) is 0 Å². The number of carbonyl (C=O) groups is 2. The van der Waals surface area contributed by atoms with Gasteiger partial charge in [0, 0.05) is 12.6 Å². The zero-order valence-electron chi connectivity index (χ0n) is 14.6. The Hall–Kier alpha value is -2.13. The zero-order valence-corrected chi connectivity index (χ0v) is 15.4. The fourth-order valence-corrected chi connectivity index (χ4v) is 2.87. The second-order valence-corrected chi connectivity index (χ2v) is 7.20. The van der Waals surface area contributed by atoms with Crippen LogP contribution in [0.3, 0.4) is 0 Å². The Bertz CT molecular complexity index is 670. The summed E-state index contributed by atoms with van der Waals surface area (Å²) in [4.78, 5) is 22.9. The van der Waals surface area contributed by atoms with Crippen molar-refractivity contribution >= 4 is 21.9 Å². The van der Waals surface area contributed by atoms with E-state index in [1.54, 1.807) is 26.0 Å². The van der Waals surface area contributed by atoms with Crippen LogP contribution in [0.15, 0.2) is 29.2 Å². The average Bonchev–Trinajstić information content (AvgIpc) is 2.53. The van der Waals surface area contributed by atoms with Gasteiger partial charge in [-0.2, -0.15) is 0 Å². The van der Waals surface area contributed by atoms with Gasteiger partial charge in [0.1, 0.15) is 5.75 Å². The van der Waals surface area contributed by atoms with Crippen LogP contribution >= 0.6 is 0 Å². The van der Waals surface area contributed by atoms with Gasteiger partial charge in [-0.05, 0) is 45.0 Å². The second kappa shape index (κ2) is 10.00. The van der Waals surface area contributed by atoms with Gasteiger partial charge in [-0.1, -0.05) is 0 Å². The topological polar surface area (TPSA) is 111 Å². The summed E-state index contributed by atoms with van der Waals surface area (Å²) in [6.45, 7) is 5.38. The SMILES string of the molecule is CCOc1ccc(S(=O)(=O)NCCC(=O)OCC(=O)NC(C)C)cc1. The molecule has 1 rings (SSSR count). The van der Waals surface area contributed by atoms with Crippen molar-refractivity contribution in [3.63, 3.8) is 0 Å². The Morgan fingerprint density at radius 2 is 1.80 bits per heavy atom. The Labute approximate surface area is 147 Å². The number of benzene rings is 1. The molecule has 0 unspecified atom stereocenters. The summed E-state index contributed by atoms with van der Waals surface area (Å²) in [7, 11) is -3.73. The van der Waals surface area contributed by atoms with E-state index in [1.807, 2.05) is 6.92 Å². The molecule has 0 atom stereocenters. The van der Waals surface area contributed by atoms with E-state index in [0.717, 1.165) is 0 Å². The van der Waals surface area contributed by atoms with Crippen LogP contribution in [-0.2, 0) is 24.3 Å². The highest BCUT2D eigenvalue weighted by atomic mass is 32.2. The van der Waals surface area contributed by atoms with Crippen molar-refractivity contribution in [2.75, 3.05) is 19.8 Å². The lowest BCUT2D eigenvalue weighted by atomic mass is 10.3. The van der Waals surface area contributed by atoms with Crippen molar-refractivity contribution in [2.45, 2.75) is 38.1 Å². The molecule has 0 radical (unpaired) electrons. The summed E-state index contributed by atoms with van der Waals surface area (Å²) < 4.78 is 36.5. The molecular weight excluding hydrogens is 348 g/mol. The second-order valence-electron chi connectivity index (χ2n) is 5.44. The van der Waals surface area contributed by atoms with E-state index >= 15 is 0 Å². The van der Waals surface area contributed by atoms with Crippen molar-refractivity contribution in [1.82, 2.24) is 10.0 Å². The van der Waals surface area contributed by atoms with E-state index in [0.29, 0.717) is 12.4 Å². The number of sulfonamides is 1. The minimum Gasteiger partial charge on any atom is -0.494 e. The van der Waals surface area contributed by atoms with Crippen molar-refractivity contribution in [3.8, 4) is 5.75 Å². The monoisotopic (exact) mass is 372 g/mol. The van der Waals surface area contributed by atoms with Crippen LogP contribution in [0.5, 0.6) is 5.75 Å². The molecule has 1 aromatic carbocycles. The van der Waals surface area contributed by atoms with Crippen molar-refractivity contribution in [1.29, 1.82) is 0 Å². The van der Waals surface area contributed by atoms with Gasteiger partial charge >= 0.3 is 5.97 Å². The Morgan fingerprint density at radius 1 is 1.16 bits per heavy atom. The zero-order chi connectivity index (χ0) is 18.9. The first-order valence-corrected chi connectivity index (χ1v) is 9.40. The molecule has 1 aromatic rings. The maximum absolute atomic E-state index is 12.1. The molecule has 0 aliphatic rings. The van der Waals surface area contributed by atoms with Gasteiger partial charge < -0.3 is 14.8 Å². The third kappa shape index (κ3) is 7.99. The van der Waals surface area contributed by atoms with Gasteiger partial charge in [-0.3, -0.25) is 9.59 Å². The molecule has 0 bridgehead atoms. The van der Waals surface area contributed by atoms with Gasteiger partial charge in [0.15, 0.2) is 6.61 Å². The molecule has 0 heterocycles. The van der Waals surface area contributed by atoms with Gasteiger partial charge in [-0.15, -0.1) is 0 Å². The maximum Gasteiger partial charge on any atom is 0.307 e. The molecule has 140 valence electrons. The number of ether oxygens (including phenoxy) is 2. The molecule has 0 fully saturated rings. The van der Waals surface area contributed by atoms with E-state index in [2.05, 4.69) is 10.0 Å². The lowest BCUT2D eigenvalue weighted by molar-refractivity contribution is -0.148. The first-order valence-electron chi connectivity index (χ1n) is 7.92. The maximum atomic E-state index is 12.1. The molecule has 0 saturated heterocycles. The third-order valence-corrected chi connectivity index (χ3v) is 4.36. The molecule has 0 saturated carbocycles. The van der Waals surface area contributed by atoms with Gasteiger partial charge in [0.25, 0.3) is 5.91 Å². The molecule has 1 amide bonds. The number of hydrogen-bond donors (Lipinski definition) is 2. The van der Waals surface area contributed by atoms with Crippen molar-refractivity contribution in [2.24, 2.45) is 0 Å². The van der Waals surface area contributed by atoms with Crippen molar-refractivity contribution < 1.29 is 27.5 Å². The molecule has 2 N–H and O–H groups in total. The van der Waals surface area contributed by atoms with Gasteiger partial charge in [-0.25, -0.2) is 13.1 Å². The summed E-state index contributed by atoms with van der Waals surface area (Å²) in [6, 6.07) is 5.90. The smallest absolute Gasteiger partial charge is 0.307 e. The lowest BCUT2D eigenvalue weighted by Gasteiger charge is -2.10. The number of amides is 1. The fourth-order valence-electron chi connectivity index (χ4n) is 1.83. The van der Waals surface area contributed by atoms with E-state index in [-0.39, 0.29) is 30.5 Å². The van der Waals surface area contributed by atoms with Crippen molar-refractivity contribution in [3.05, 3.63) is 24.3 Å². The standard InChI is InChI=1S/C16H24N2O6S/c1-4-23-13-5-7-14(8-6-13)25(21,22)17-10-9-16(20)24-11-15(19)18-12(2)3/h5-8,12,17H,4,9-11H2,1-3H3,(H,18,19). The third-order valence-electron chi connectivity index (χ3n) is 2.88. The van der Waals surface area contributed by atoms with E-state index in [9.17, 15) is 18.0 Å². The quantitative estimate of drug-likeness (QED) is 0.588. The first kappa shape index (κ1) is 20.9. The molecule has 8 nitrogen and oxygen atoms in total. The number of rotatable bonds is 10. The lowest BCUT2D eigenvalue weighted by Crippen LogP contribution is -2.34. The summed E-state index contributed by atoms with van der Waals surface area (Å²) in [6.07, 6.45) is -0.175. The molecular formula is C16H24N2O6S. The van der Waals surface area contributed by atoms with E-state index < -0.39 is 21.9 Å². The summed E-state index contributed by atoms with van der Waals surface area (Å²) in [5.74, 6) is -0.490. The molecule has 25 heavy (non-hydrogen) atoms. The normalized spacial score (nSPS) is 11.2. The number of esters is 1. The van der Waals surface area contributed by atoms with E-state index in [1.165, 1.54) is 12.1 Å². The summed E-state index contributed by atoms with van der Waals surface area (Å²) >= 11 is 0. The van der Waals surface area contributed by atoms with Crippen LogP contribution in [0, 0.1) is 0 Å². The highest BCUT2D eigenvalue weighted by Crippen LogP contribution is 2.15. The van der Waals surface area contributed by atoms with Crippen LogP contribution in [-0.4, -0.2) is 46.1 Å². The Kier molecular flexibility index (Phi) is 8.36. The summed E-state index contributed by atoms with van der Waals surface area (Å²) in [5.41, 5.74) is 0. The average molecular weight is 372 g/mol. The minimum absolute atomic E-state index is 0.0490. The number of hydrogen-bond acceptors (Lipinski definition) is 6.